The fourth-order valence-electron chi connectivity index (χ4n) is 2.33. The number of hydrogen-bond donors (Lipinski definition) is 0. The largest absolute Gasteiger partial charge is 0.493 e. The molecule has 0 aromatic heterocycles. The lowest BCUT2D eigenvalue weighted by Crippen LogP contribution is -2.04. The lowest BCUT2D eigenvalue weighted by Gasteiger charge is -2.10. The van der Waals surface area contributed by atoms with E-state index in [-0.39, 0.29) is 18.7 Å². The zero-order valence-electron chi connectivity index (χ0n) is 10.1. The normalized spacial score (nSPS) is 20.9. The van der Waals surface area contributed by atoms with Crippen molar-refractivity contribution in [2.24, 2.45) is 5.92 Å². The zero-order chi connectivity index (χ0) is 12.5. The number of ether oxygens (including phenoxy) is 4. The van der Waals surface area contributed by atoms with Gasteiger partial charge in [0.15, 0.2) is 11.5 Å². The number of esters is 1. The number of methoxy groups -OCH3 is 1. The van der Waals surface area contributed by atoms with Crippen molar-refractivity contribution in [2.45, 2.75) is 12.8 Å². The van der Waals surface area contributed by atoms with Gasteiger partial charge in [-0.2, -0.15) is 0 Å². The Morgan fingerprint density at radius 3 is 2.94 bits per heavy atom. The molecule has 1 aromatic carbocycles. The van der Waals surface area contributed by atoms with Crippen LogP contribution in [0.1, 0.15) is 12.0 Å². The van der Waals surface area contributed by atoms with Gasteiger partial charge in [0.05, 0.1) is 20.1 Å². The molecule has 18 heavy (non-hydrogen) atoms. The van der Waals surface area contributed by atoms with E-state index < -0.39 is 0 Å². The average molecular weight is 250 g/mol. The first-order valence-corrected chi connectivity index (χ1v) is 5.88. The fourth-order valence-corrected chi connectivity index (χ4v) is 2.33. The smallest absolute Gasteiger partial charge is 0.306 e. The molecular weight excluding hydrogens is 236 g/mol. The quantitative estimate of drug-likeness (QED) is 0.761. The van der Waals surface area contributed by atoms with E-state index in [1.807, 2.05) is 12.1 Å². The van der Waals surface area contributed by atoms with Crippen LogP contribution in [-0.2, 0) is 16.0 Å². The summed E-state index contributed by atoms with van der Waals surface area (Å²) in [5.74, 6) is 2.15. The highest BCUT2D eigenvalue weighted by Gasteiger charge is 2.26. The Kier molecular flexibility index (Phi) is 2.74. The molecule has 0 saturated carbocycles. The molecule has 1 aromatic rings. The van der Waals surface area contributed by atoms with Gasteiger partial charge in [-0.25, -0.2) is 0 Å². The topological polar surface area (TPSA) is 54.0 Å². The summed E-state index contributed by atoms with van der Waals surface area (Å²) in [4.78, 5) is 11.1. The van der Waals surface area contributed by atoms with Gasteiger partial charge in [0, 0.05) is 5.92 Å². The minimum atomic E-state index is -0.118. The predicted octanol–water partition coefficient (Wildman–Crippen LogP) is 1.53. The molecule has 1 unspecified atom stereocenters. The van der Waals surface area contributed by atoms with E-state index in [1.165, 1.54) is 0 Å². The molecule has 0 N–H and O–H groups in total. The monoisotopic (exact) mass is 250 g/mol. The van der Waals surface area contributed by atoms with Crippen molar-refractivity contribution in [3.63, 3.8) is 0 Å². The molecule has 3 rings (SSSR count). The second-order valence-electron chi connectivity index (χ2n) is 4.49. The van der Waals surface area contributed by atoms with E-state index >= 15 is 0 Å². The number of fused-ring (bicyclic) bond motifs is 1. The molecule has 5 heteroatoms. The molecular formula is C13H14O5. The van der Waals surface area contributed by atoms with Crippen molar-refractivity contribution in [1.82, 2.24) is 0 Å². The molecule has 0 bridgehead atoms. The van der Waals surface area contributed by atoms with Gasteiger partial charge in [-0.15, -0.1) is 0 Å². The Hall–Kier alpha value is -1.91. The second-order valence-corrected chi connectivity index (χ2v) is 4.49. The Balaban J connectivity index is 1.82. The number of hydrogen-bond acceptors (Lipinski definition) is 5. The predicted molar refractivity (Wildman–Crippen MR) is 61.9 cm³/mol. The molecule has 5 nitrogen and oxygen atoms in total. The van der Waals surface area contributed by atoms with Gasteiger partial charge in [0.1, 0.15) is 0 Å². The van der Waals surface area contributed by atoms with Gasteiger partial charge < -0.3 is 18.9 Å². The highest BCUT2D eigenvalue weighted by Crippen LogP contribution is 2.42. The van der Waals surface area contributed by atoms with Crippen LogP contribution in [-0.4, -0.2) is 26.5 Å². The first kappa shape index (κ1) is 11.2. The Morgan fingerprint density at radius 1 is 1.33 bits per heavy atom. The van der Waals surface area contributed by atoms with Crippen LogP contribution in [0.5, 0.6) is 17.2 Å². The van der Waals surface area contributed by atoms with Crippen LogP contribution >= 0.6 is 0 Å². The van der Waals surface area contributed by atoms with E-state index in [0.717, 1.165) is 12.0 Å². The highest BCUT2D eigenvalue weighted by atomic mass is 16.7. The molecule has 0 spiro atoms. The first-order valence-electron chi connectivity index (χ1n) is 5.88. The van der Waals surface area contributed by atoms with Crippen LogP contribution in [0.25, 0.3) is 0 Å². The second kappa shape index (κ2) is 4.40. The summed E-state index contributed by atoms with van der Waals surface area (Å²) in [6, 6.07) is 3.87. The summed E-state index contributed by atoms with van der Waals surface area (Å²) in [5.41, 5.74) is 1.07. The van der Waals surface area contributed by atoms with Crippen LogP contribution in [0.4, 0.5) is 0 Å². The van der Waals surface area contributed by atoms with Gasteiger partial charge in [0.25, 0.3) is 0 Å². The van der Waals surface area contributed by atoms with Crippen LogP contribution in [0.2, 0.25) is 0 Å². The van der Waals surface area contributed by atoms with Gasteiger partial charge in [0.2, 0.25) is 12.5 Å². The lowest BCUT2D eigenvalue weighted by atomic mass is 9.98. The minimum absolute atomic E-state index is 0.118. The van der Waals surface area contributed by atoms with Gasteiger partial charge >= 0.3 is 5.97 Å². The lowest BCUT2D eigenvalue weighted by molar-refractivity contribution is -0.137. The van der Waals surface area contributed by atoms with Gasteiger partial charge in [-0.05, 0) is 24.1 Å². The summed E-state index contributed by atoms with van der Waals surface area (Å²) < 4.78 is 20.9. The summed E-state index contributed by atoms with van der Waals surface area (Å²) in [6.07, 6.45) is 1.26. The zero-order valence-corrected chi connectivity index (χ0v) is 10.1. The molecule has 1 saturated heterocycles. The standard InChI is InChI=1S/C13H14O5/c1-15-10-3-8(2-9-5-12(14)16-6-9)4-11-13(10)18-7-17-11/h3-4,9H,2,5-7H2,1H3. The van der Waals surface area contributed by atoms with Crippen molar-refractivity contribution in [2.75, 3.05) is 20.5 Å². The molecule has 1 fully saturated rings. The molecule has 0 aliphatic carbocycles. The Labute approximate surface area is 105 Å². The van der Waals surface area contributed by atoms with E-state index in [2.05, 4.69) is 0 Å². The van der Waals surface area contributed by atoms with Gasteiger partial charge in [-0.3, -0.25) is 4.79 Å². The van der Waals surface area contributed by atoms with Gasteiger partial charge in [-0.1, -0.05) is 0 Å². The Bertz CT molecular complexity index is 483. The van der Waals surface area contributed by atoms with Crippen LogP contribution in [0, 0.1) is 5.92 Å². The average Bonchev–Trinajstić information content (AvgIpc) is 2.97. The third-order valence-electron chi connectivity index (χ3n) is 3.18. The van der Waals surface area contributed by atoms with E-state index in [9.17, 15) is 4.79 Å². The van der Waals surface area contributed by atoms with Crippen LogP contribution < -0.4 is 14.2 Å². The van der Waals surface area contributed by atoms with E-state index in [0.29, 0.717) is 30.3 Å². The summed E-state index contributed by atoms with van der Waals surface area (Å²) in [5, 5.41) is 0. The maximum Gasteiger partial charge on any atom is 0.306 e. The SMILES string of the molecule is COc1cc(CC2COC(=O)C2)cc2c1OCO2. The third kappa shape index (κ3) is 1.96. The van der Waals surface area contributed by atoms with Crippen molar-refractivity contribution in [1.29, 1.82) is 0 Å². The molecule has 0 radical (unpaired) electrons. The van der Waals surface area contributed by atoms with Crippen molar-refractivity contribution in [3.8, 4) is 17.2 Å². The summed E-state index contributed by atoms with van der Waals surface area (Å²) in [6.45, 7) is 0.718. The number of cyclic esters (lactones) is 1. The molecule has 96 valence electrons. The maximum absolute atomic E-state index is 11.1. The van der Waals surface area contributed by atoms with E-state index in [4.69, 9.17) is 18.9 Å². The van der Waals surface area contributed by atoms with Crippen LogP contribution in [0.15, 0.2) is 12.1 Å². The minimum Gasteiger partial charge on any atom is -0.493 e. The van der Waals surface area contributed by atoms with Crippen molar-refractivity contribution in [3.05, 3.63) is 17.7 Å². The molecule has 2 heterocycles. The maximum atomic E-state index is 11.1. The number of benzene rings is 1. The highest BCUT2D eigenvalue weighted by molar-refractivity contribution is 5.71. The summed E-state index contributed by atoms with van der Waals surface area (Å²) >= 11 is 0. The number of carbonyl (C=O) groups is 1. The number of carbonyl (C=O) groups excluding carboxylic acids is 1. The summed E-state index contributed by atoms with van der Waals surface area (Å²) in [7, 11) is 1.60. The Morgan fingerprint density at radius 2 is 2.22 bits per heavy atom. The van der Waals surface area contributed by atoms with Crippen molar-refractivity contribution < 1.29 is 23.7 Å². The third-order valence-corrected chi connectivity index (χ3v) is 3.18. The van der Waals surface area contributed by atoms with Crippen molar-refractivity contribution >= 4 is 5.97 Å². The first-order chi connectivity index (χ1) is 8.76. The van der Waals surface area contributed by atoms with Crippen LogP contribution in [0.3, 0.4) is 0 Å². The van der Waals surface area contributed by atoms with E-state index in [1.54, 1.807) is 7.11 Å². The molecule has 2 aliphatic heterocycles. The fraction of sp³-hybridized carbons (Fsp3) is 0.462. The molecule has 0 amide bonds. The molecule has 1 atom stereocenters. The number of rotatable bonds is 3. The molecule has 2 aliphatic rings.